The molecule has 0 bridgehead atoms. The van der Waals surface area contributed by atoms with Gasteiger partial charge < -0.3 is 10.1 Å². The van der Waals surface area contributed by atoms with Gasteiger partial charge in [0.1, 0.15) is 21.9 Å². The van der Waals surface area contributed by atoms with E-state index in [0.717, 1.165) is 33.6 Å². The van der Waals surface area contributed by atoms with Gasteiger partial charge in [0, 0.05) is 29.5 Å². The highest BCUT2D eigenvalue weighted by Gasteiger charge is 2.16. The minimum atomic E-state index is -0.782. The van der Waals surface area contributed by atoms with Crippen LogP contribution in [0.4, 0.5) is 5.69 Å². The van der Waals surface area contributed by atoms with Crippen molar-refractivity contribution in [2.75, 3.05) is 11.9 Å². The molecule has 0 fully saturated rings. The summed E-state index contributed by atoms with van der Waals surface area (Å²) in [5.74, 6) is -0.782. The minimum Gasteiger partial charge on any atom is -0.457 e. The molecule has 0 unspecified atom stereocenters. The van der Waals surface area contributed by atoms with E-state index in [0.29, 0.717) is 11.1 Å². The third-order valence-corrected chi connectivity index (χ3v) is 5.45. The van der Waals surface area contributed by atoms with Crippen LogP contribution in [0.1, 0.15) is 12.6 Å². The second kappa shape index (κ2) is 9.20. The van der Waals surface area contributed by atoms with Crippen molar-refractivity contribution in [3.05, 3.63) is 68.2 Å². The summed E-state index contributed by atoms with van der Waals surface area (Å²) < 4.78 is 7.00. The van der Waals surface area contributed by atoms with Crippen molar-refractivity contribution in [2.24, 2.45) is 0 Å². The summed E-state index contributed by atoms with van der Waals surface area (Å²) >= 11 is 1.06. The number of aryl methyl sites for hydroxylation is 1. The number of fused-ring (bicyclic) bond motifs is 1. The van der Waals surface area contributed by atoms with E-state index < -0.39 is 5.97 Å². The van der Waals surface area contributed by atoms with Gasteiger partial charge in [0.2, 0.25) is 0 Å². The molecule has 3 rings (SSSR count). The summed E-state index contributed by atoms with van der Waals surface area (Å²) in [6, 6.07) is 11.4. The first-order valence-corrected chi connectivity index (χ1v) is 10.1. The predicted octanol–water partition coefficient (Wildman–Crippen LogP) is 2.04. The molecule has 2 heterocycles. The Morgan fingerprint density at radius 2 is 2.20 bits per heavy atom. The van der Waals surface area contributed by atoms with Crippen LogP contribution in [0.2, 0.25) is 0 Å². The molecule has 8 heteroatoms. The van der Waals surface area contributed by atoms with Crippen molar-refractivity contribution in [1.29, 1.82) is 5.26 Å². The molecule has 2 aromatic heterocycles. The van der Waals surface area contributed by atoms with Crippen LogP contribution in [0.25, 0.3) is 22.7 Å². The monoisotopic (exact) mass is 420 g/mol. The molecule has 0 radical (unpaired) electrons. The Hall–Kier alpha value is -3.70. The zero-order valence-electron chi connectivity index (χ0n) is 16.6. The van der Waals surface area contributed by atoms with Crippen LogP contribution < -0.4 is 20.1 Å². The lowest BCUT2D eigenvalue weighted by Crippen LogP contribution is -2.32. The normalized spacial score (nSPS) is 12.4. The number of benzene rings is 1. The van der Waals surface area contributed by atoms with Crippen LogP contribution in [0, 0.1) is 18.3 Å². The van der Waals surface area contributed by atoms with Crippen LogP contribution in [0.15, 0.2) is 47.8 Å². The van der Waals surface area contributed by atoms with Crippen molar-refractivity contribution < 1.29 is 9.53 Å². The van der Waals surface area contributed by atoms with E-state index in [2.05, 4.69) is 16.9 Å². The number of aromatic nitrogens is 2. The number of thiazole rings is 1. The summed E-state index contributed by atoms with van der Waals surface area (Å²) in [5.41, 5.74) is 2.07. The van der Waals surface area contributed by atoms with Crippen molar-refractivity contribution >= 4 is 45.7 Å². The van der Waals surface area contributed by atoms with E-state index in [-0.39, 0.29) is 22.4 Å². The molecule has 0 aliphatic rings. The second-order valence-electron chi connectivity index (χ2n) is 6.31. The maximum Gasteiger partial charge on any atom is 0.352 e. The highest BCUT2D eigenvalue weighted by Crippen LogP contribution is 2.22. The number of anilines is 1. The lowest BCUT2D eigenvalue weighted by atomic mass is 10.1. The van der Waals surface area contributed by atoms with Gasteiger partial charge in [0.05, 0.1) is 5.52 Å². The highest BCUT2D eigenvalue weighted by atomic mass is 32.1. The van der Waals surface area contributed by atoms with E-state index in [4.69, 9.17) is 4.74 Å². The second-order valence-corrected chi connectivity index (χ2v) is 7.34. The van der Waals surface area contributed by atoms with Gasteiger partial charge in [-0.15, -0.1) is 11.3 Å². The maximum atomic E-state index is 12.8. The third kappa shape index (κ3) is 4.16. The molecule has 0 spiro atoms. The maximum absolute atomic E-state index is 12.8. The molecule has 0 aliphatic heterocycles. The number of pyridine rings is 1. The number of hydrogen-bond donors (Lipinski definition) is 1. The van der Waals surface area contributed by atoms with E-state index in [1.54, 1.807) is 13.1 Å². The fourth-order valence-electron chi connectivity index (χ4n) is 2.91. The molecule has 0 saturated carbocycles. The predicted molar refractivity (Wildman–Crippen MR) is 118 cm³/mol. The highest BCUT2D eigenvalue weighted by molar-refractivity contribution is 7.07. The van der Waals surface area contributed by atoms with Crippen molar-refractivity contribution in [3.8, 4) is 6.07 Å². The first-order valence-electron chi connectivity index (χ1n) is 9.25. The van der Waals surface area contributed by atoms with Crippen molar-refractivity contribution in [3.63, 3.8) is 0 Å². The fraction of sp³-hybridized carbons (Fsp3) is 0.182. The molecular formula is C22H20N4O3S. The van der Waals surface area contributed by atoms with Crippen LogP contribution >= 0.6 is 11.3 Å². The zero-order chi connectivity index (χ0) is 21.7. The number of rotatable bonds is 6. The molecule has 1 N–H and O–H groups in total. The number of esters is 1. The number of carbonyl (C=O) groups excluding carboxylic acids is 1. The Kier molecular flexibility index (Phi) is 6.45. The van der Waals surface area contributed by atoms with Crippen LogP contribution in [0.3, 0.4) is 0 Å². The zero-order valence-corrected chi connectivity index (χ0v) is 17.5. The van der Waals surface area contributed by atoms with Crippen LogP contribution in [-0.4, -0.2) is 22.1 Å². The molecule has 0 aliphatic carbocycles. The first-order chi connectivity index (χ1) is 14.5. The quantitative estimate of drug-likeness (QED) is 0.484. The fourth-order valence-corrected chi connectivity index (χ4v) is 3.98. The van der Waals surface area contributed by atoms with E-state index >= 15 is 0 Å². The number of ether oxygens (including phenoxy) is 1. The van der Waals surface area contributed by atoms with E-state index in [1.165, 1.54) is 10.6 Å². The molecule has 30 heavy (non-hydrogen) atoms. The van der Waals surface area contributed by atoms with Crippen molar-refractivity contribution in [2.45, 2.75) is 20.4 Å². The first kappa shape index (κ1) is 21.0. The Labute approximate surface area is 176 Å². The SMILES string of the molecule is C=CCOC(=O)C(C#N)=c1sc(=CNc2cccc3nc(C)ccc23)c(=O)n1CC. The number of nitrogens with zero attached hydrogens (tertiary/aromatic N) is 3. The molecular weight excluding hydrogens is 400 g/mol. The van der Waals surface area contributed by atoms with Gasteiger partial charge in [-0.1, -0.05) is 18.7 Å². The average molecular weight is 420 g/mol. The molecule has 3 aromatic rings. The molecule has 0 atom stereocenters. The Morgan fingerprint density at radius 3 is 2.90 bits per heavy atom. The molecule has 0 saturated heterocycles. The molecule has 152 valence electrons. The topological polar surface area (TPSA) is 97.0 Å². The third-order valence-electron chi connectivity index (χ3n) is 4.32. The average Bonchev–Trinajstić information content (AvgIpc) is 3.05. The number of nitriles is 1. The summed E-state index contributed by atoms with van der Waals surface area (Å²) in [4.78, 5) is 29.5. The molecule has 0 amide bonds. The van der Waals surface area contributed by atoms with Crippen molar-refractivity contribution in [1.82, 2.24) is 9.55 Å². The lowest BCUT2D eigenvalue weighted by molar-refractivity contribution is -0.135. The van der Waals surface area contributed by atoms with Gasteiger partial charge in [-0.2, -0.15) is 5.26 Å². The summed E-state index contributed by atoms with van der Waals surface area (Å²) in [6.07, 6.45) is 3.00. The van der Waals surface area contributed by atoms with Gasteiger partial charge in [-0.25, -0.2) is 4.79 Å². The van der Waals surface area contributed by atoms with Crippen LogP contribution in [0.5, 0.6) is 0 Å². The number of carbonyl (C=O) groups is 1. The standard InChI is InChI=1S/C22H20N4O3S/c1-4-11-29-22(28)16(12-23)21-26(5-2)20(27)19(30-21)13-24-17-7-6-8-18-15(17)10-9-14(3)25-18/h4,6-10,13,24H,1,5,11H2,2-3H3. The number of hydrogen-bond acceptors (Lipinski definition) is 7. The van der Waals surface area contributed by atoms with E-state index in [9.17, 15) is 14.9 Å². The van der Waals surface area contributed by atoms with E-state index in [1.807, 2.05) is 43.3 Å². The molecule has 7 nitrogen and oxygen atoms in total. The summed E-state index contributed by atoms with van der Waals surface area (Å²) in [5, 5.41) is 13.5. The van der Waals surface area contributed by atoms with Gasteiger partial charge in [-0.3, -0.25) is 14.3 Å². The van der Waals surface area contributed by atoms with Gasteiger partial charge in [-0.05, 0) is 38.1 Å². The summed E-state index contributed by atoms with van der Waals surface area (Å²) in [6.45, 7) is 7.49. The minimum absolute atomic E-state index is 0.0130. The lowest BCUT2D eigenvalue weighted by Gasteiger charge is -2.05. The smallest absolute Gasteiger partial charge is 0.352 e. The largest absolute Gasteiger partial charge is 0.457 e. The van der Waals surface area contributed by atoms with Gasteiger partial charge >= 0.3 is 5.97 Å². The number of nitrogens with one attached hydrogen (secondary N) is 1. The van der Waals surface area contributed by atoms with Gasteiger partial charge in [0.25, 0.3) is 5.56 Å². The Balaban J connectivity index is 2.10. The van der Waals surface area contributed by atoms with Crippen LogP contribution in [-0.2, 0) is 16.1 Å². The van der Waals surface area contributed by atoms with Gasteiger partial charge in [0.15, 0.2) is 5.57 Å². The molecule has 1 aromatic carbocycles. The Morgan fingerprint density at radius 1 is 1.40 bits per heavy atom. The Bertz CT molecular complexity index is 1350. The summed E-state index contributed by atoms with van der Waals surface area (Å²) in [7, 11) is 0.